The third kappa shape index (κ3) is 0.555. The molecule has 0 aromatic heterocycles. The van der Waals surface area contributed by atoms with Gasteiger partial charge in [0.25, 0.3) is 0 Å². The Morgan fingerprint density at radius 3 is 2.50 bits per heavy atom. The molecule has 2 aliphatic carbocycles. The van der Waals surface area contributed by atoms with Crippen LogP contribution in [0.1, 0.15) is 33.1 Å². The molecule has 2 bridgehead atoms. The Hall–Kier alpha value is -0.840. The van der Waals surface area contributed by atoms with Crippen molar-refractivity contribution in [3.63, 3.8) is 0 Å². The van der Waals surface area contributed by atoms with Crippen LogP contribution in [0.3, 0.4) is 0 Å². The molecule has 0 aromatic carbocycles. The zero-order valence-electron chi connectivity index (χ0n) is 7.55. The Bertz CT molecular complexity index is 291. The molecule has 0 amide bonds. The highest BCUT2D eigenvalue weighted by atomic mass is 16.1. The second-order valence-electron chi connectivity index (χ2n) is 4.51. The van der Waals surface area contributed by atoms with Gasteiger partial charge in [-0.1, -0.05) is 6.92 Å². The van der Waals surface area contributed by atoms with Crippen molar-refractivity contribution in [1.82, 2.24) is 0 Å². The van der Waals surface area contributed by atoms with Crippen molar-refractivity contribution < 1.29 is 4.79 Å². The van der Waals surface area contributed by atoms with Crippen molar-refractivity contribution in [2.24, 2.45) is 16.7 Å². The van der Waals surface area contributed by atoms with Crippen molar-refractivity contribution in [3.8, 4) is 6.07 Å². The number of nitrogens with zero attached hydrogens (tertiary/aromatic N) is 1. The first kappa shape index (κ1) is 7.79. The fraction of sp³-hybridized carbons (Fsp3) is 0.800. The van der Waals surface area contributed by atoms with E-state index in [1.807, 2.05) is 13.8 Å². The predicted octanol–water partition coefficient (Wildman–Crippen LogP) is 1.91. The predicted molar refractivity (Wildman–Crippen MR) is 44.2 cm³/mol. The summed E-state index contributed by atoms with van der Waals surface area (Å²) >= 11 is 0. The molecule has 2 rings (SSSR count). The van der Waals surface area contributed by atoms with Crippen LogP contribution in [0.25, 0.3) is 0 Å². The summed E-state index contributed by atoms with van der Waals surface area (Å²) in [5.41, 5.74) is -0.698. The number of carbonyl (C=O) groups is 1. The number of carbonyl (C=O) groups excluding carboxylic acids is 1. The summed E-state index contributed by atoms with van der Waals surface area (Å²) < 4.78 is 0. The smallest absolute Gasteiger partial charge is 0.140 e. The lowest BCUT2D eigenvalue weighted by Crippen LogP contribution is -2.33. The van der Waals surface area contributed by atoms with E-state index >= 15 is 0 Å². The average molecular weight is 163 g/mol. The molecule has 0 aromatic rings. The van der Waals surface area contributed by atoms with Gasteiger partial charge in [0, 0.05) is 11.8 Å². The summed E-state index contributed by atoms with van der Waals surface area (Å²) in [6.45, 7) is 3.92. The van der Waals surface area contributed by atoms with Crippen LogP contribution in [0, 0.1) is 28.1 Å². The molecule has 64 valence electrons. The van der Waals surface area contributed by atoms with E-state index in [1.165, 1.54) is 0 Å². The van der Waals surface area contributed by atoms with Crippen LogP contribution in [0.2, 0.25) is 0 Å². The minimum absolute atomic E-state index is 0.308. The lowest BCUT2D eigenvalue weighted by atomic mass is 9.70. The summed E-state index contributed by atoms with van der Waals surface area (Å²) in [6, 6.07) is 2.35. The molecule has 2 aliphatic rings. The van der Waals surface area contributed by atoms with E-state index in [0.717, 1.165) is 12.8 Å². The maximum absolute atomic E-state index is 11.6. The first-order valence-corrected chi connectivity index (χ1v) is 4.49. The second-order valence-corrected chi connectivity index (χ2v) is 4.51. The van der Waals surface area contributed by atoms with Crippen molar-refractivity contribution in [2.45, 2.75) is 33.1 Å². The minimum Gasteiger partial charge on any atom is -0.299 e. The average Bonchev–Trinajstić information content (AvgIpc) is 2.39. The van der Waals surface area contributed by atoms with E-state index < -0.39 is 0 Å². The molecule has 0 aliphatic heterocycles. The van der Waals surface area contributed by atoms with Gasteiger partial charge in [-0.2, -0.15) is 5.26 Å². The van der Waals surface area contributed by atoms with Crippen molar-refractivity contribution >= 4 is 5.78 Å². The molecule has 2 nitrogen and oxygen atoms in total. The largest absolute Gasteiger partial charge is 0.299 e. The van der Waals surface area contributed by atoms with Gasteiger partial charge in [0.05, 0.1) is 11.5 Å². The Kier molecular flexibility index (Phi) is 1.24. The van der Waals surface area contributed by atoms with Gasteiger partial charge in [-0.05, 0) is 25.7 Å². The molecule has 2 heteroatoms. The Labute approximate surface area is 72.6 Å². The third-order valence-electron chi connectivity index (χ3n) is 4.24. The molecule has 2 fully saturated rings. The standard InChI is InChI=1S/C10H13NO/c1-9-4-3-7(5-8(9)12)10(9,2)6-11/h7H,3-5H2,1-2H3. The maximum Gasteiger partial charge on any atom is 0.140 e. The van der Waals surface area contributed by atoms with Crippen LogP contribution in [0.15, 0.2) is 0 Å². The Morgan fingerprint density at radius 2 is 2.25 bits per heavy atom. The fourth-order valence-electron chi connectivity index (χ4n) is 2.86. The highest BCUT2D eigenvalue weighted by Gasteiger charge is 2.64. The van der Waals surface area contributed by atoms with E-state index in [2.05, 4.69) is 6.07 Å². The van der Waals surface area contributed by atoms with E-state index in [0.29, 0.717) is 18.1 Å². The minimum atomic E-state index is -0.371. The molecule has 0 spiro atoms. The van der Waals surface area contributed by atoms with Crippen LogP contribution in [-0.2, 0) is 4.79 Å². The van der Waals surface area contributed by atoms with Gasteiger partial charge >= 0.3 is 0 Å². The molecule has 2 saturated carbocycles. The monoisotopic (exact) mass is 163 g/mol. The number of Topliss-reactive ketones (excluding diaryl/α,β-unsaturated/α-hetero) is 1. The number of hydrogen-bond acceptors (Lipinski definition) is 2. The van der Waals surface area contributed by atoms with Crippen molar-refractivity contribution in [3.05, 3.63) is 0 Å². The van der Waals surface area contributed by atoms with Crippen LogP contribution in [-0.4, -0.2) is 5.78 Å². The third-order valence-corrected chi connectivity index (χ3v) is 4.24. The van der Waals surface area contributed by atoms with E-state index in [4.69, 9.17) is 5.26 Å². The van der Waals surface area contributed by atoms with E-state index in [1.54, 1.807) is 0 Å². The number of hydrogen-bond donors (Lipinski definition) is 0. The molecular formula is C10H13NO. The zero-order valence-corrected chi connectivity index (χ0v) is 7.55. The van der Waals surface area contributed by atoms with Gasteiger partial charge in [0.15, 0.2) is 0 Å². The topological polar surface area (TPSA) is 40.9 Å². The quantitative estimate of drug-likeness (QED) is 0.547. The summed E-state index contributed by atoms with van der Waals surface area (Å²) in [5, 5.41) is 9.09. The van der Waals surface area contributed by atoms with Crippen LogP contribution < -0.4 is 0 Å². The van der Waals surface area contributed by atoms with Crippen molar-refractivity contribution in [2.75, 3.05) is 0 Å². The van der Waals surface area contributed by atoms with Gasteiger partial charge in [-0.15, -0.1) is 0 Å². The first-order chi connectivity index (χ1) is 5.54. The number of nitriles is 1. The molecule has 3 atom stereocenters. The number of fused-ring (bicyclic) bond motifs is 2. The lowest BCUT2D eigenvalue weighted by Gasteiger charge is -2.29. The normalized spacial score (nSPS) is 51.1. The van der Waals surface area contributed by atoms with Gasteiger partial charge in [-0.25, -0.2) is 0 Å². The maximum atomic E-state index is 11.6. The summed E-state index contributed by atoms with van der Waals surface area (Å²) in [7, 11) is 0. The summed E-state index contributed by atoms with van der Waals surface area (Å²) in [6.07, 6.45) is 2.62. The SMILES string of the molecule is CC12CCC(CC1=O)C2(C)C#N. The molecule has 12 heavy (non-hydrogen) atoms. The Balaban J connectivity index is 2.53. The van der Waals surface area contributed by atoms with Crippen LogP contribution in [0.5, 0.6) is 0 Å². The van der Waals surface area contributed by atoms with Crippen molar-refractivity contribution in [1.29, 1.82) is 5.26 Å². The van der Waals surface area contributed by atoms with Gasteiger partial charge in [0.2, 0.25) is 0 Å². The van der Waals surface area contributed by atoms with Gasteiger partial charge < -0.3 is 0 Å². The molecule has 0 saturated heterocycles. The Morgan fingerprint density at radius 1 is 1.58 bits per heavy atom. The lowest BCUT2D eigenvalue weighted by molar-refractivity contribution is -0.127. The second kappa shape index (κ2) is 1.90. The molecule has 0 heterocycles. The number of ketones is 1. The molecule has 0 radical (unpaired) electrons. The number of rotatable bonds is 0. The first-order valence-electron chi connectivity index (χ1n) is 4.49. The van der Waals surface area contributed by atoms with E-state index in [9.17, 15) is 4.79 Å². The highest BCUT2D eigenvalue weighted by molar-refractivity contribution is 5.90. The van der Waals surface area contributed by atoms with E-state index in [-0.39, 0.29) is 10.8 Å². The molecule has 0 N–H and O–H groups in total. The zero-order chi connectivity index (χ0) is 8.98. The fourth-order valence-corrected chi connectivity index (χ4v) is 2.86. The van der Waals surface area contributed by atoms with Gasteiger partial charge in [0.1, 0.15) is 5.78 Å². The van der Waals surface area contributed by atoms with Crippen LogP contribution in [0.4, 0.5) is 0 Å². The highest BCUT2D eigenvalue weighted by Crippen LogP contribution is 2.63. The molecular weight excluding hydrogens is 150 g/mol. The summed E-state index contributed by atoms with van der Waals surface area (Å²) in [4.78, 5) is 11.6. The molecule has 3 unspecified atom stereocenters. The van der Waals surface area contributed by atoms with Crippen LogP contribution >= 0.6 is 0 Å². The van der Waals surface area contributed by atoms with Gasteiger partial charge in [-0.3, -0.25) is 4.79 Å². The summed E-state index contributed by atoms with van der Waals surface area (Å²) in [5.74, 6) is 0.641.